The van der Waals surface area contributed by atoms with Gasteiger partial charge < -0.3 is 10.4 Å². The maximum Gasteiger partial charge on any atom is 0.261 e. The number of amides is 1. The summed E-state index contributed by atoms with van der Waals surface area (Å²) in [6.07, 6.45) is 4.97. The second-order valence-electron chi connectivity index (χ2n) is 5.76. The highest BCUT2D eigenvalue weighted by Crippen LogP contribution is 2.29. The number of aliphatic hydroxyl groups excluding tert-OH is 1. The van der Waals surface area contributed by atoms with Gasteiger partial charge in [-0.2, -0.15) is 0 Å². The highest BCUT2D eigenvalue weighted by Gasteiger charge is 2.17. The Morgan fingerprint density at radius 1 is 1.42 bits per heavy atom. The van der Waals surface area contributed by atoms with Crippen molar-refractivity contribution in [2.24, 2.45) is 5.92 Å². The molecule has 0 spiro atoms. The molecule has 1 aliphatic carbocycles. The lowest BCUT2D eigenvalue weighted by Crippen LogP contribution is -2.32. The molecule has 0 bridgehead atoms. The van der Waals surface area contributed by atoms with Gasteiger partial charge in [-0.15, -0.1) is 11.3 Å². The Hall–Kier alpha value is -0.870. The molecule has 0 aliphatic heterocycles. The Morgan fingerprint density at radius 2 is 2.16 bits per heavy atom. The summed E-state index contributed by atoms with van der Waals surface area (Å²) >= 11 is 1.62. The lowest BCUT2D eigenvalue weighted by atomic mass is 9.99. The summed E-state index contributed by atoms with van der Waals surface area (Å²) in [4.78, 5) is 14.2. The van der Waals surface area contributed by atoms with E-state index in [4.69, 9.17) is 0 Å². The molecule has 1 aromatic heterocycles. The second-order valence-corrected chi connectivity index (χ2v) is 6.90. The third-order valence-corrected chi connectivity index (χ3v) is 4.70. The molecule has 1 unspecified atom stereocenters. The summed E-state index contributed by atoms with van der Waals surface area (Å²) in [5, 5.41) is 12.6. The van der Waals surface area contributed by atoms with E-state index in [1.165, 1.54) is 23.3 Å². The van der Waals surface area contributed by atoms with Crippen LogP contribution in [-0.4, -0.2) is 23.7 Å². The smallest absolute Gasteiger partial charge is 0.261 e. The molecule has 0 radical (unpaired) electrons. The average molecular weight is 281 g/mol. The van der Waals surface area contributed by atoms with Crippen LogP contribution in [0.25, 0.3) is 0 Å². The molecular weight excluding hydrogens is 258 g/mol. The molecule has 3 nitrogen and oxygen atoms in total. The van der Waals surface area contributed by atoms with Gasteiger partial charge in [-0.05, 0) is 49.7 Å². The van der Waals surface area contributed by atoms with Crippen LogP contribution in [0.2, 0.25) is 0 Å². The van der Waals surface area contributed by atoms with Crippen LogP contribution in [0.15, 0.2) is 6.07 Å². The number of nitrogens with one attached hydrogen (secondary N) is 1. The predicted octanol–water partition coefficient (Wildman–Crippen LogP) is 2.76. The molecule has 1 heterocycles. The number of fused-ring (bicyclic) bond motifs is 1. The van der Waals surface area contributed by atoms with E-state index in [2.05, 4.69) is 19.2 Å². The number of hydrogen-bond acceptors (Lipinski definition) is 3. The van der Waals surface area contributed by atoms with Crippen molar-refractivity contribution in [3.8, 4) is 0 Å². The SMILES string of the molecule is CC(C)CC(O)CNC(=O)c1cc2c(s1)CCCC2. The summed E-state index contributed by atoms with van der Waals surface area (Å²) in [5.74, 6) is 0.406. The first-order chi connectivity index (χ1) is 9.06. The maximum atomic E-state index is 12.0. The highest BCUT2D eigenvalue weighted by atomic mass is 32.1. The van der Waals surface area contributed by atoms with Gasteiger partial charge >= 0.3 is 0 Å². The third-order valence-electron chi connectivity index (χ3n) is 3.46. The summed E-state index contributed by atoms with van der Waals surface area (Å²) in [5.41, 5.74) is 1.35. The zero-order valence-corrected chi connectivity index (χ0v) is 12.6. The predicted molar refractivity (Wildman–Crippen MR) is 78.8 cm³/mol. The number of thiophene rings is 1. The molecule has 0 saturated heterocycles. The van der Waals surface area contributed by atoms with Crippen molar-refractivity contribution < 1.29 is 9.90 Å². The van der Waals surface area contributed by atoms with Crippen LogP contribution in [0.5, 0.6) is 0 Å². The average Bonchev–Trinajstić information content (AvgIpc) is 2.78. The molecule has 1 amide bonds. The van der Waals surface area contributed by atoms with Crippen molar-refractivity contribution in [3.63, 3.8) is 0 Å². The van der Waals surface area contributed by atoms with Crippen LogP contribution in [0.4, 0.5) is 0 Å². The summed E-state index contributed by atoms with van der Waals surface area (Å²) in [6, 6.07) is 2.03. The molecule has 0 fully saturated rings. The Morgan fingerprint density at radius 3 is 2.84 bits per heavy atom. The monoisotopic (exact) mass is 281 g/mol. The largest absolute Gasteiger partial charge is 0.391 e. The number of hydrogen-bond donors (Lipinski definition) is 2. The van der Waals surface area contributed by atoms with Crippen molar-refractivity contribution in [3.05, 3.63) is 21.4 Å². The van der Waals surface area contributed by atoms with Gasteiger partial charge in [0, 0.05) is 11.4 Å². The normalized spacial score (nSPS) is 16.2. The molecule has 2 rings (SSSR count). The summed E-state index contributed by atoms with van der Waals surface area (Å²) in [7, 11) is 0. The van der Waals surface area contributed by atoms with Gasteiger partial charge in [-0.1, -0.05) is 13.8 Å². The lowest BCUT2D eigenvalue weighted by molar-refractivity contribution is 0.0904. The minimum atomic E-state index is -0.446. The first-order valence-corrected chi connectivity index (χ1v) is 7.95. The molecule has 0 saturated carbocycles. The fourth-order valence-electron chi connectivity index (χ4n) is 2.53. The molecule has 2 N–H and O–H groups in total. The summed E-state index contributed by atoms with van der Waals surface area (Å²) < 4.78 is 0. The van der Waals surface area contributed by atoms with Crippen LogP contribution in [-0.2, 0) is 12.8 Å². The topological polar surface area (TPSA) is 49.3 Å². The van der Waals surface area contributed by atoms with Gasteiger partial charge in [0.1, 0.15) is 0 Å². The van der Waals surface area contributed by atoms with Crippen LogP contribution in [0.3, 0.4) is 0 Å². The zero-order valence-electron chi connectivity index (χ0n) is 11.7. The third kappa shape index (κ3) is 4.05. The molecular formula is C15H23NO2S. The fourth-order valence-corrected chi connectivity index (χ4v) is 3.70. The highest BCUT2D eigenvalue weighted by molar-refractivity contribution is 7.14. The molecule has 0 aromatic carbocycles. The number of aliphatic hydroxyl groups is 1. The van der Waals surface area contributed by atoms with Crippen LogP contribution in [0.1, 0.15) is 53.2 Å². The van der Waals surface area contributed by atoms with Crippen LogP contribution < -0.4 is 5.32 Å². The minimum Gasteiger partial charge on any atom is -0.391 e. The molecule has 106 valence electrons. The standard InChI is InChI=1S/C15H23NO2S/c1-10(2)7-12(17)9-16-15(18)14-8-11-5-3-4-6-13(11)19-14/h8,10,12,17H,3-7,9H2,1-2H3,(H,16,18). The Kier molecular flexibility index (Phi) is 4.99. The van der Waals surface area contributed by atoms with E-state index in [9.17, 15) is 9.90 Å². The first kappa shape index (κ1) is 14.5. The minimum absolute atomic E-state index is 0.0396. The van der Waals surface area contributed by atoms with Gasteiger partial charge in [0.25, 0.3) is 5.91 Å². The Bertz CT molecular complexity index is 416. The van der Waals surface area contributed by atoms with Crippen molar-refractivity contribution >= 4 is 17.2 Å². The van der Waals surface area contributed by atoms with Crippen molar-refractivity contribution in [2.45, 2.75) is 52.1 Å². The second kappa shape index (κ2) is 6.53. The van der Waals surface area contributed by atoms with Crippen molar-refractivity contribution in [1.82, 2.24) is 5.32 Å². The van der Waals surface area contributed by atoms with Crippen LogP contribution >= 0.6 is 11.3 Å². The van der Waals surface area contributed by atoms with E-state index in [1.54, 1.807) is 11.3 Å². The van der Waals surface area contributed by atoms with E-state index in [1.807, 2.05) is 6.07 Å². The molecule has 19 heavy (non-hydrogen) atoms. The zero-order chi connectivity index (χ0) is 13.8. The lowest BCUT2D eigenvalue weighted by Gasteiger charge is -2.13. The summed E-state index contributed by atoms with van der Waals surface area (Å²) in [6.45, 7) is 4.48. The van der Waals surface area contributed by atoms with Gasteiger partial charge in [0.05, 0.1) is 11.0 Å². The van der Waals surface area contributed by atoms with Gasteiger partial charge in [0.2, 0.25) is 0 Å². The number of carbonyl (C=O) groups is 1. The van der Waals surface area contributed by atoms with Gasteiger partial charge in [-0.25, -0.2) is 0 Å². The van der Waals surface area contributed by atoms with Gasteiger partial charge in [0.15, 0.2) is 0 Å². The van der Waals surface area contributed by atoms with Crippen molar-refractivity contribution in [1.29, 1.82) is 0 Å². The fraction of sp³-hybridized carbons (Fsp3) is 0.667. The first-order valence-electron chi connectivity index (χ1n) is 7.14. The quantitative estimate of drug-likeness (QED) is 0.872. The number of rotatable bonds is 5. The maximum absolute atomic E-state index is 12.0. The van der Waals surface area contributed by atoms with E-state index in [-0.39, 0.29) is 5.91 Å². The van der Waals surface area contributed by atoms with E-state index >= 15 is 0 Å². The molecule has 4 heteroatoms. The number of aryl methyl sites for hydroxylation is 2. The Labute approximate surface area is 119 Å². The van der Waals surface area contributed by atoms with Gasteiger partial charge in [-0.3, -0.25) is 4.79 Å². The Balaban J connectivity index is 1.87. The van der Waals surface area contributed by atoms with E-state index in [0.29, 0.717) is 12.5 Å². The van der Waals surface area contributed by atoms with E-state index in [0.717, 1.165) is 24.1 Å². The molecule has 1 atom stereocenters. The van der Waals surface area contributed by atoms with Crippen molar-refractivity contribution in [2.75, 3.05) is 6.54 Å². The van der Waals surface area contributed by atoms with Crippen LogP contribution in [0, 0.1) is 5.92 Å². The number of carbonyl (C=O) groups excluding carboxylic acids is 1. The van der Waals surface area contributed by atoms with E-state index < -0.39 is 6.10 Å². The molecule has 1 aliphatic rings. The molecule has 1 aromatic rings.